The Labute approximate surface area is 121 Å². The second-order valence-electron chi connectivity index (χ2n) is 6.49. The number of aromatic nitrogens is 3. The van der Waals surface area contributed by atoms with Gasteiger partial charge in [0.2, 0.25) is 0 Å². The third-order valence-corrected chi connectivity index (χ3v) is 5.17. The first-order valence-corrected chi connectivity index (χ1v) is 8.04. The van der Waals surface area contributed by atoms with Crippen LogP contribution < -0.4 is 5.32 Å². The molecule has 5 nitrogen and oxygen atoms in total. The number of nitrogens with zero attached hydrogens (tertiary/aromatic N) is 4. The molecule has 2 aliphatic rings. The summed E-state index contributed by atoms with van der Waals surface area (Å²) in [5, 5.41) is 8.08. The van der Waals surface area contributed by atoms with E-state index in [1.54, 1.807) is 6.33 Å². The molecule has 1 saturated carbocycles. The maximum atomic E-state index is 4.40. The van der Waals surface area contributed by atoms with E-state index in [4.69, 9.17) is 0 Å². The van der Waals surface area contributed by atoms with E-state index in [0.29, 0.717) is 11.6 Å². The summed E-state index contributed by atoms with van der Waals surface area (Å²) in [5.41, 5.74) is 0.364. The molecule has 1 atom stereocenters. The summed E-state index contributed by atoms with van der Waals surface area (Å²) in [6, 6.07) is 0.624. The maximum Gasteiger partial charge on any atom is 0.140 e. The first-order chi connectivity index (χ1) is 9.72. The fraction of sp³-hybridized carbons (Fsp3) is 0.867. The predicted molar refractivity (Wildman–Crippen MR) is 79.3 cm³/mol. The van der Waals surface area contributed by atoms with Gasteiger partial charge >= 0.3 is 0 Å². The van der Waals surface area contributed by atoms with Crippen LogP contribution in [0.5, 0.6) is 0 Å². The summed E-state index contributed by atoms with van der Waals surface area (Å²) in [6.07, 6.45) is 9.68. The molecule has 0 bridgehead atoms. The SMILES string of the molecule is CCC1CNC2(CCCCC2)CN1Cc1ncnn1C. The number of hydrogen-bond acceptors (Lipinski definition) is 4. The molecule has 0 aromatic carbocycles. The lowest BCUT2D eigenvalue weighted by Crippen LogP contribution is -2.64. The van der Waals surface area contributed by atoms with Crippen LogP contribution in [0.3, 0.4) is 0 Å². The van der Waals surface area contributed by atoms with E-state index >= 15 is 0 Å². The van der Waals surface area contributed by atoms with Crippen molar-refractivity contribution in [3.8, 4) is 0 Å². The molecule has 112 valence electrons. The van der Waals surface area contributed by atoms with Crippen molar-refractivity contribution in [1.29, 1.82) is 0 Å². The Bertz CT molecular complexity index is 435. The fourth-order valence-corrected chi connectivity index (χ4v) is 3.83. The lowest BCUT2D eigenvalue weighted by molar-refractivity contribution is 0.0459. The van der Waals surface area contributed by atoms with Crippen molar-refractivity contribution < 1.29 is 0 Å². The molecule has 1 aliphatic carbocycles. The highest BCUT2D eigenvalue weighted by Crippen LogP contribution is 2.32. The standard InChI is InChI=1S/C15H27N5/c1-3-13-9-17-15(7-5-4-6-8-15)11-20(13)10-14-16-12-18-19(14)2/h12-13,17H,3-11H2,1-2H3. The molecule has 5 heteroatoms. The number of piperazine rings is 1. The Hall–Kier alpha value is -0.940. The van der Waals surface area contributed by atoms with Gasteiger partial charge in [-0.15, -0.1) is 0 Å². The lowest BCUT2D eigenvalue weighted by atomic mass is 9.79. The molecule has 1 aromatic rings. The van der Waals surface area contributed by atoms with E-state index in [1.807, 2.05) is 11.7 Å². The quantitative estimate of drug-likeness (QED) is 0.913. The molecule has 2 heterocycles. The third kappa shape index (κ3) is 2.74. The highest BCUT2D eigenvalue weighted by Gasteiger charge is 2.39. The van der Waals surface area contributed by atoms with Gasteiger partial charge in [0.05, 0.1) is 6.54 Å². The van der Waals surface area contributed by atoms with Gasteiger partial charge < -0.3 is 5.32 Å². The van der Waals surface area contributed by atoms with E-state index in [2.05, 4.69) is 27.2 Å². The summed E-state index contributed by atoms with van der Waals surface area (Å²) < 4.78 is 1.91. The molecule has 1 spiro atoms. The van der Waals surface area contributed by atoms with Gasteiger partial charge in [0.15, 0.2) is 0 Å². The molecular weight excluding hydrogens is 250 g/mol. The van der Waals surface area contributed by atoms with Crippen molar-refractivity contribution in [2.75, 3.05) is 13.1 Å². The van der Waals surface area contributed by atoms with Gasteiger partial charge in [0.25, 0.3) is 0 Å². The Morgan fingerprint density at radius 2 is 2.15 bits per heavy atom. The van der Waals surface area contributed by atoms with E-state index in [9.17, 15) is 0 Å². The monoisotopic (exact) mass is 277 g/mol. The van der Waals surface area contributed by atoms with Crippen LogP contribution in [0.15, 0.2) is 6.33 Å². The molecule has 20 heavy (non-hydrogen) atoms. The average Bonchev–Trinajstić information content (AvgIpc) is 2.86. The van der Waals surface area contributed by atoms with E-state index < -0.39 is 0 Å². The minimum atomic E-state index is 0.364. The van der Waals surface area contributed by atoms with Crippen LogP contribution in [-0.4, -0.2) is 44.3 Å². The van der Waals surface area contributed by atoms with Crippen LogP contribution in [0, 0.1) is 0 Å². The second-order valence-corrected chi connectivity index (χ2v) is 6.49. The Balaban J connectivity index is 1.73. The number of hydrogen-bond donors (Lipinski definition) is 1. The van der Waals surface area contributed by atoms with Gasteiger partial charge in [-0.3, -0.25) is 9.58 Å². The first-order valence-electron chi connectivity index (χ1n) is 8.04. The number of nitrogens with one attached hydrogen (secondary N) is 1. The van der Waals surface area contributed by atoms with Gasteiger partial charge in [-0.2, -0.15) is 5.10 Å². The number of rotatable bonds is 3. The van der Waals surface area contributed by atoms with Crippen molar-refractivity contribution in [2.45, 2.75) is 63.6 Å². The van der Waals surface area contributed by atoms with Crippen molar-refractivity contribution in [3.63, 3.8) is 0 Å². The first kappa shape index (κ1) is 14.0. The molecule has 0 radical (unpaired) electrons. The third-order valence-electron chi connectivity index (χ3n) is 5.17. The lowest BCUT2D eigenvalue weighted by Gasteiger charge is -2.49. The maximum absolute atomic E-state index is 4.40. The Kier molecular flexibility index (Phi) is 4.08. The van der Waals surface area contributed by atoms with Gasteiger partial charge in [-0.05, 0) is 19.3 Å². The smallest absolute Gasteiger partial charge is 0.140 e. The Morgan fingerprint density at radius 1 is 1.35 bits per heavy atom. The highest BCUT2D eigenvalue weighted by molar-refractivity contribution is 5.00. The van der Waals surface area contributed by atoms with Gasteiger partial charge in [-0.25, -0.2) is 4.98 Å². The molecule has 1 saturated heterocycles. The van der Waals surface area contributed by atoms with Crippen molar-refractivity contribution in [2.24, 2.45) is 7.05 Å². The topological polar surface area (TPSA) is 46.0 Å². The summed E-state index contributed by atoms with van der Waals surface area (Å²) in [4.78, 5) is 7.03. The summed E-state index contributed by atoms with van der Waals surface area (Å²) >= 11 is 0. The fourth-order valence-electron chi connectivity index (χ4n) is 3.83. The van der Waals surface area contributed by atoms with Crippen LogP contribution >= 0.6 is 0 Å². The summed E-state index contributed by atoms with van der Waals surface area (Å²) in [6.45, 7) is 5.50. The predicted octanol–water partition coefficient (Wildman–Crippen LogP) is 1.70. The molecule has 1 unspecified atom stereocenters. The van der Waals surface area contributed by atoms with Gasteiger partial charge in [0.1, 0.15) is 12.2 Å². The van der Waals surface area contributed by atoms with E-state index in [1.165, 1.54) is 45.1 Å². The van der Waals surface area contributed by atoms with Crippen LogP contribution in [0.4, 0.5) is 0 Å². The molecule has 1 aromatic heterocycles. The van der Waals surface area contributed by atoms with Gasteiger partial charge in [0, 0.05) is 31.7 Å². The highest BCUT2D eigenvalue weighted by atomic mass is 15.3. The normalized spacial score (nSPS) is 27.0. The van der Waals surface area contributed by atoms with Crippen LogP contribution in [0.25, 0.3) is 0 Å². The minimum Gasteiger partial charge on any atom is -0.308 e. The molecule has 2 fully saturated rings. The minimum absolute atomic E-state index is 0.364. The average molecular weight is 277 g/mol. The summed E-state index contributed by atoms with van der Waals surface area (Å²) in [5.74, 6) is 1.08. The summed E-state index contributed by atoms with van der Waals surface area (Å²) in [7, 11) is 1.99. The van der Waals surface area contributed by atoms with Crippen molar-refractivity contribution in [1.82, 2.24) is 25.0 Å². The van der Waals surface area contributed by atoms with Crippen molar-refractivity contribution >= 4 is 0 Å². The Morgan fingerprint density at radius 3 is 2.80 bits per heavy atom. The number of aryl methyl sites for hydroxylation is 1. The van der Waals surface area contributed by atoms with E-state index in [-0.39, 0.29) is 0 Å². The zero-order valence-corrected chi connectivity index (χ0v) is 12.8. The molecule has 1 N–H and O–H groups in total. The zero-order chi connectivity index (χ0) is 14.0. The molecular formula is C15H27N5. The van der Waals surface area contributed by atoms with E-state index in [0.717, 1.165) is 18.9 Å². The van der Waals surface area contributed by atoms with Crippen molar-refractivity contribution in [3.05, 3.63) is 12.2 Å². The second kappa shape index (κ2) is 5.82. The van der Waals surface area contributed by atoms with Crippen LogP contribution in [0.2, 0.25) is 0 Å². The molecule has 0 amide bonds. The zero-order valence-electron chi connectivity index (χ0n) is 12.8. The largest absolute Gasteiger partial charge is 0.308 e. The molecule has 1 aliphatic heterocycles. The van der Waals surface area contributed by atoms with Gasteiger partial charge in [-0.1, -0.05) is 26.2 Å². The van der Waals surface area contributed by atoms with Crippen LogP contribution in [0.1, 0.15) is 51.3 Å². The van der Waals surface area contributed by atoms with Crippen LogP contribution in [-0.2, 0) is 13.6 Å². The molecule has 3 rings (SSSR count).